The molecule has 0 aromatic heterocycles. The van der Waals surface area contributed by atoms with Gasteiger partial charge >= 0.3 is 0 Å². The highest BCUT2D eigenvalue weighted by atomic mass is 16.2. The second-order valence-electron chi connectivity index (χ2n) is 8.03. The molecule has 3 aromatic carbocycles. The highest BCUT2D eigenvalue weighted by molar-refractivity contribution is 5.86. The molecule has 0 bridgehead atoms. The monoisotopic (exact) mass is 383 g/mol. The van der Waals surface area contributed by atoms with Crippen LogP contribution in [0.15, 0.2) is 78.9 Å². The van der Waals surface area contributed by atoms with Crippen LogP contribution in [0.3, 0.4) is 0 Å². The molecule has 1 N–H and O–H groups in total. The summed E-state index contributed by atoms with van der Waals surface area (Å²) in [5.41, 5.74) is 6.08. The van der Waals surface area contributed by atoms with Gasteiger partial charge in [0.1, 0.15) is 0 Å². The maximum Gasteiger partial charge on any atom is 0.224 e. The van der Waals surface area contributed by atoms with Gasteiger partial charge in [-0.15, -0.1) is 0 Å². The van der Waals surface area contributed by atoms with Gasteiger partial charge in [0.25, 0.3) is 0 Å². The quantitative estimate of drug-likeness (QED) is 0.579. The molecular weight excluding hydrogens is 354 g/mol. The normalized spacial score (nSPS) is 17.0. The van der Waals surface area contributed by atoms with Crippen LogP contribution in [-0.4, -0.2) is 5.91 Å². The lowest BCUT2D eigenvalue weighted by Gasteiger charge is -2.20. The van der Waals surface area contributed by atoms with Gasteiger partial charge in [0, 0.05) is 12.0 Å². The minimum absolute atomic E-state index is 0.0221. The van der Waals surface area contributed by atoms with Gasteiger partial charge in [-0.05, 0) is 47.1 Å². The molecule has 0 unspecified atom stereocenters. The molecule has 1 amide bonds. The summed E-state index contributed by atoms with van der Waals surface area (Å²) in [5, 5.41) is 3.16. The lowest BCUT2D eigenvalue weighted by molar-refractivity contribution is -0.122. The Kier molecular flexibility index (Phi) is 5.53. The second kappa shape index (κ2) is 8.24. The predicted octanol–water partition coefficient (Wildman–Crippen LogP) is 5.43. The molecular formula is C27H29NO. The van der Waals surface area contributed by atoms with E-state index >= 15 is 0 Å². The first-order chi connectivity index (χ1) is 14.2. The minimum Gasteiger partial charge on any atom is -0.352 e. The van der Waals surface area contributed by atoms with Crippen LogP contribution < -0.4 is 5.32 Å². The minimum atomic E-state index is -0.209. The molecule has 1 atom stereocenters. The molecule has 0 heterocycles. The van der Waals surface area contributed by atoms with Crippen molar-refractivity contribution >= 4 is 5.91 Å². The van der Waals surface area contributed by atoms with E-state index in [1.54, 1.807) is 0 Å². The molecule has 148 valence electrons. The molecule has 1 fully saturated rings. The second-order valence-corrected chi connectivity index (χ2v) is 8.03. The van der Waals surface area contributed by atoms with E-state index in [1.165, 1.54) is 22.3 Å². The van der Waals surface area contributed by atoms with E-state index < -0.39 is 0 Å². The molecule has 2 heteroatoms. The van der Waals surface area contributed by atoms with Crippen molar-refractivity contribution in [1.82, 2.24) is 5.32 Å². The Morgan fingerprint density at radius 3 is 1.79 bits per heavy atom. The van der Waals surface area contributed by atoms with Crippen LogP contribution in [0.1, 0.15) is 48.1 Å². The third kappa shape index (κ3) is 3.85. The van der Waals surface area contributed by atoms with Crippen molar-refractivity contribution < 1.29 is 4.79 Å². The van der Waals surface area contributed by atoms with Crippen molar-refractivity contribution in [1.29, 1.82) is 0 Å². The molecule has 29 heavy (non-hydrogen) atoms. The molecule has 0 radical (unpaired) electrons. The van der Waals surface area contributed by atoms with E-state index in [2.05, 4.69) is 67.7 Å². The van der Waals surface area contributed by atoms with Crippen molar-refractivity contribution in [3.8, 4) is 0 Å². The van der Waals surface area contributed by atoms with Gasteiger partial charge in [-0.1, -0.05) is 92.7 Å². The Morgan fingerprint density at radius 2 is 1.31 bits per heavy atom. The van der Waals surface area contributed by atoms with Crippen LogP contribution in [0, 0.1) is 5.92 Å². The molecule has 2 nitrogen and oxygen atoms in total. The first-order valence-electron chi connectivity index (χ1n) is 10.7. The van der Waals surface area contributed by atoms with E-state index in [-0.39, 0.29) is 17.2 Å². The number of rotatable bonds is 7. The maximum absolute atomic E-state index is 13.1. The van der Waals surface area contributed by atoms with Crippen LogP contribution in [-0.2, 0) is 29.6 Å². The Bertz CT molecular complexity index is 910. The SMILES string of the molecule is CCc1ccc(C2(c3ccc(CC)cc3)C[C@H]2C(=O)NCc2ccccc2)cc1. The lowest BCUT2D eigenvalue weighted by atomic mass is 9.84. The van der Waals surface area contributed by atoms with Gasteiger partial charge in [0.2, 0.25) is 5.91 Å². The summed E-state index contributed by atoms with van der Waals surface area (Å²) in [4.78, 5) is 13.1. The Morgan fingerprint density at radius 1 is 0.793 bits per heavy atom. The fraction of sp³-hybridized carbons (Fsp3) is 0.296. The molecule has 1 aliphatic carbocycles. The van der Waals surface area contributed by atoms with E-state index in [0.717, 1.165) is 24.8 Å². The number of aryl methyl sites for hydroxylation is 2. The fourth-order valence-electron chi connectivity index (χ4n) is 4.37. The number of carbonyl (C=O) groups is 1. The van der Waals surface area contributed by atoms with E-state index in [9.17, 15) is 4.79 Å². The predicted molar refractivity (Wildman–Crippen MR) is 119 cm³/mol. The summed E-state index contributed by atoms with van der Waals surface area (Å²) in [5.74, 6) is 0.124. The number of benzene rings is 3. The highest BCUT2D eigenvalue weighted by Gasteiger charge is 2.60. The Hall–Kier alpha value is -2.87. The zero-order valence-electron chi connectivity index (χ0n) is 17.3. The summed E-state index contributed by atoms with van der Waals surface area (Å²) >= 11 is 0. The molecule has 4 rings (SSSR count). The smallest absolute Gasteiger partial charge is 0.224 e. The van der Waals surface area contributed by atoms with Gasteiger partial charge in [0.15, 0.2) is 0 Å². The first kappa shape index (κ1) is 19.4. The molecule has 1 aliphatic rings. The Balaban J connectivity index is 1.60. The van der Waals surface area contributed by atoms with Crippen molar-refractivity contribution in [3.63, 3.8) is 0 Å². The molecule has 0 saturated heterocycles. The van der Waals surface area contributed by atoms with Crippen molar-refractivity contribution in [2.75, 3.05) is 0 Å². The lowest BCUT2D eigenvalue weighted by Crippen LogP contribution is -2.28. The fourth-order valence-corrected chi connectivity index (χ4v) is 4.37. The van der Waals surface area contributed by atoms with E-state index in [0.29, 0.717) is 6.54 Å². The summed E-state index contributed by atoms with van der Waals surface area (Å²) in [6, 6.07) is 27.8. The molecule has 1 saturated carbocycles. The molecule has 3 aromatic rings. The first-order valence-corrected chi connectivity index (χ1v) is 10.7. The number of hydrogen-bond acceptors (Lipinski definition) is 1. The number of amides is 1. The number of nitrogens with one attached hydrogen (secondary N) is 1. The van der Waals surface area contributed by atoms with Gasteiger partial charge in [-0.2, -0.15) is 0 Å². The largest absolute Gasteiger partial charge is 0.352 e. The molecule has 0 aliphatic heterocycles. The van der Waals surface area contributed by atoms with Crippen LogP contribution in [0.2, 0.25) is 0 Å². The van der Waals surface area contributed by atoms with Crippen LogP contribution >= 0.6 is 0 Å². The molecule has 0 spiro atoms. The van der Waals surface area contributed by atoms with E-state index in [1.807, 2.05) is 30.3 Å². The van der Waals surface area contributed by atoms with Crippen LogP contribution in [0.25, 0.3) is 0 Å². The van der Waals surface area contributed by atoms with Crippen molar-refractivity contribution in [2.45, 2.75) is 45.1 Å². The zero-order valence-corrected chi connectivity index (χ0v) is 17.3. The number of hydrogen-bond donors (Lipinski definition) is 1. The highest BCUT2D eigenvalue weighted by Crippen LogP contribution is 2.59. The third-order valence-electron chi connectivity index (χ3n) is 6.34. The van der Waals surface area contributed by atoms with Crippen molar-refractivity contribution in [3.05, 3.63) is 107 Å². The van der Waals surface area contributed by atoms with Gasteiger partial charge in [-0.3, -0.25) is 4.79 Å². The topological polar surface area (TPSA) is 29.1 Å². The van der Waals surface area contributed by atoms with Crippen LogP contribution in [0.5, 0.6) is 0 Å². The third-order valence-corrected chi connectivity index (χ3v) is 6.34. The standard InChI is InChI=1S/C27H29NO/c1-3-20-10-14-23(15-11-20)27(24-16-12-21(4-2)13-17-24)18-25(27)26(29)28-19-22-8-6-5-7-9-22/h5-17,25H,3-4,18-19H2,1-2H3,(H,28,29)/t25-/m0/s1. The summed E-state index contributed by atoms with van der Waals surface area (Å²) in [7, 11) is 0. The summed E-state index contributed by atoms with van der Waals surface area (Å²) < 4.78 is 0. The van der Waals surface area contributed by atoms with E-state index in [4.69, 9.17) is 0 Å². The average Bonchev–Trinajstić information content (AvgIpc) is 3.55. The van der Waals surface area contributed by atoms with Gasteiger partial charge in [-0.25, -0.2) is 0 Å². The zero-order chi connectivity index (χ0) is 20.3. The summed E-state index contributed by atoms with van der Waals surface area (Å²) in [6.45, 7) is 4.92. The Labute approximate surface area is 174 Å². The van der Waals surface area contributed by atoms with Crippen molar-refractivity contribution in [2.24, 2.45) is 5.92 Å². The maximum atomic E-state index is 13.1. The van der Waals surface area contributed by atoms with Gasteiger partial charge < -0.3 is 5.32 Å². The van der Waals surface area contributed by atoms with Gasteiger partial charge in [0.05, 0.1) is 5.92 Å². The summed E-state index contributed by atoms with van der Waals surface area (Å²) in [6.07, 6.45) is 2.92. The average molecular weight is 384 g/mol. The number of carbonyl (C=O) groups excluding carboxylic acids is 1. The van der Waals surface area contributed by atoms with Crippen LogP contribution in [0.4, 0.5) is 0 Å².